The molecule has 0 saturated heterocycles. The average Bonchev–Trinajstić information content (AvgIpc) is 2.48. The van der Waals surface area contributed by atoms with Gasteiger partial charge in [0.05, 0.1) is 10.5 Å². The number of pyridine rings is 1. The zero-order valence-electron chi connectivity index (χ0n) is 10.5. The summed E-state index contributed by atoms with van der Waals surface area (Å²) < 4.78 is 0. The van der Waals surface area contributed by atoms with Crippen LogP contribution in [-0.2, 0) is 0 Å². The van der Waals surface area contributed by atoms with Crippen molar-refractivity contribution in [2.75, 3.05) is 0 Å². The van der Waals surface area contributed by atoms with Gasteiger partial charge in [-0.1, -0.05) is 48.0 Å². The van der Waals surface area contributed by atoms with Crippen LogP contribution < -0.4 is 5.73 Å². The predicted molar refractivity (Wildman–Crippen MR) is 80.7 cm³/mol. The number of carbonyl (C=O) groups excluding carboxylic acids is 1. The van der Waals surface area contributed by atoms with Gasteiger partial charge in [0.2, 0.25) is 5.91 Å². The van der Waals surface area contributed by atoms with Gasteiger partial charge in [0, 0.05) is 22.7 Å². The molecule has 4 heteroatoms. The average molecular weight is 283 g/mol. The standard InChI is InChI=1S/C16H11ClN2O/c17-15-12-7-3-4-8-14(12)19-9-13(15)10-5-1-2-6-11(10)16(18)20/h1-9H,(H2,18,20). The number of carbonyl (C=O) groups is 1. The van der Waals surface area contributed by atoms with Crippen molar-refractivity contribution < 1.29 is 4.79 Å². The number of hydrogen-bond acceptors (Lipinski definition) is 2. The largest absolute Gasteiger partial charge is 0.366 e. The van der Waals surface area contributed by atoms with E-state index in [0.717, 1.165) is 10.9 Å². The van der Waals surface area contributed by atoms with Gasteiger partial charge in [0.25, 0.3) is 0 Å². The number of aromatic nitrogens is 1. The summed E-state index contributed by atoms with van der Waals surface area (Å²) in [6.07, 6.45) is 1.67. The van der Waals surface area contributed by atoms with E-state index in [9.17, 15) is 4.79 Å². The highest BCUT2D eigenvalue weighted by Gasteiger charge is 2.14. The zero-order chi connectivity index (χ0) is 14.1. The van der Waals surface area contributed by atoms with Crippen LogP contribution in [0.1, 0.15) is 10.4 Å². The van der Waals surface area contributed by atoms with Gasteiger partial charge < -0.3 is 5.73 Å². The van der Waals surface area contributed by atoms with Crippen molar-refractivity contribution in [1.82, 2.24) is 4.98 Å². The van der Waals surface area contributed by atoms with Gasteiger partial charge in [0.1, 0.15) is 0 Å². The molecule has 0 fully saturated rings. The van der Waals surface area contributed by atoms with Crippen molar-refractivity contribution in [3.05, 3.63) is 65.3 Å². The van der Waals surface area contributed by atoms with E-state index in [1.807, 2.05) is 36.4 Å². The smallest absolute Gasteiger partial charge is 0.249 e. The molecule has 2 aromatic carbocycles. The van der Waals surface area contributed by atoms with E-state index in [2.05, 4.69) is 4.98 Å². The Hall–Kier alpha value is -2.39. The minimum atomic E-state index is -0.482. The first kappa shape index (κ1) is 12.6. The van der Waals surface area contributed by atoms with Gasteiger partial charge in [-0.15, -0.1) is 0 Å². The van der Waals surface area contributed by atoms with Gasteiger partial charge in [-0.05, 0) is 17.7 Å². The molecule has 0 bridgehead atoms. The molecule has 1 heterocycles. The molecule has 0 aliphatic rings. The quantitative estimate of drug-likeness (QED) is 0.780. The lowest BCUT2D eigenvalue weighted by Gasteiger charge is -2.10. The molecule has 0 aliphatic carbocycles. The highest BCUT2D eigenvalue weighted by molar-refractivity contribution is 6.38. The number of fused-ring (bicyclic) bond motifs is 1. The molecule has 0 aliphatic heterocycles. The van der Waals surface area contributed by atoms with Crippen molar-refractivity contribution in [2.24, 2.45) is 5.73 Å². The molecule has 0 radical (unpaired) electrons. The first-order valence-electron chi connectivity index (χ1n) is 6.11. The second-order valence-corrected chi connectivity index (χ2v) is 4.79. The maximum Gasteiger partial charge on any atom is 0.249 e. The van der Waals surface area contributed by atoms with Crippen LogP contribution in [0.2, 0.25) is 5.02 Å². The lowest BCUT2D eigenvalue weighted by Crippen LogP contribution is -2.12. The summed E-state index contributed by atoms with van der Waals surface area (Å²) in [5.41, 5.74) is 8.07. The molecule has 2 N–H and O–H groups in total. The highest BCUT2D eigenvalue weighted by atomic mass is 35.5. The van der Waals surface area contributed by atoms with Crippen molar-refractivity contribution in [3.8, 4) is 11.1 Å². The monoisotopic (exact) mass is 282 g/mol. The number of rotatable bonds is 2. The van der Waals surface area contributed by atoms with Crippen LogP contribution in [0.15, 0.2) is 54.7 Å². The van der Waals surface area contributed by atoms with E-state index in [1.165, 1.54) is 0 Å². The second kappa shape index (κ2) is 4.94. The fourth-order valence-corrected chi connectivity index (χ4v) is 2.54. The SMILES string of the molecule is NC(=O)c1ccccc1-c1cnc2ccccc2c1Cl. The molecular formula is C16H11ClN2O. The number of benzene rings is 2. The molecule has 20 heavy (non-hydrogen) atoms. The molecule has 3 aromatic rings. The van der Waals surface area contributed by atoms with Crippen LogP contribution >= 0.6 is 11.6 Å². The number of halogens is 1. The third-order valence-electron chi connectivity index (χ3n) is 3.19. The Balaban J connectivity index is 2.31. The fourth-order valence-electron chi connectivity index (χ4n) is 2.23. The molecule has 0 spiro atoms. The molecule has 0 unspecified atom stereocenters. The summed E-state index contributed by atoms with van der Waals surface area (Å²) in [4.78, 5) is 15.9. The van der Waals surface area contributed by atoms with E-state index in [0.29, 0.717) is 21.7 Å². The first-order chi connectivity index (χ1) is 9.68. The Labute approximate surface area is 121 Å². The van der Waals surface area contributed by atoms with E-state index >= 15 is 0 Å². The van der Waals surface area contributed by atoms with Gasteiger partial charge in [0.15, 0.2) is 0 Å². The van der Waals surface area contributed by atoms with E-state index in [4.69, 9.17) is 17.3 Å². The number of nitrogens with two attached hydrogens (primary N) is 1. The molecule has 3 rings (SSSR count). The minimum absolute atomic E-state index is 0.437. The molecule has 98 valence electrons. The molecule has 1 amide bonds. The maximum absolute atomic E-state index is 11.5. The molecule has 3 nitrogen and oxygen atoms in total. The molecule has 1 aromatic heterocycles. The fraction of sp³-hybridized carbons (Fsp3) is 0. The summed E-state index contributed by atoms with van der Waals surface area (Å²) in [7, 11) is 0. The van der Waals surface area contributed by atoms with Gasteiger partial charge >= 0.3 is 0 Å². The molecule has 0 saturated carbocycles. The zero-order valence-corrected chi connectivity index (χ0v) is 11.3. The summed E-state index contributed by atoms with van der Waals surface area (Å²) in [5.74, 6) is -0.482. The minimum Gasteiger partial charge on any atom is -0.366 e. The van der Waals surface area contributed by atoms with Crippen molar-refractivity contribution in [1.29, 1.82) is 0 Å². The summed E-state index contributed by atoms with van der Waals surface area (Å²) in [5, 5.41) is 1.43. The Kier molecular flexibility index (Phi) is 3.12. The Bertz CT molecular complexity index is 814. The number of para-hydroxylation sites is 1. The van der Waals surface area contributed by atoms with Crippen LogP contribution in [0.25, 0.3) is 22.0 Å². The maximum atomic E-state index is 11.5. The summed E-state index contributed by atoms with van der Waals surface area (Å²) in [6.45, 7) is 0. The van der Waals surface area contributed by atoms with Crippen molar-refractivity contribution in [3.63, 3.8) is 0 Å². The van der Waals surface area contributed by atoms with Crippen LogP contribution in [0.5, 0.6) is 0 Å². The molecule has 0 atom stereocenters. The second-order valence-electron chi connectivity index (χ2n) is 4.41. The normalized spacial score (nSPS) is 10.7. The topological polar surface area (TPSA) is 56.0 Å². The Morgan fingerprint density at radius 3 is 2.50 bits per heavy atom. The summed E-state index contributed by atoms with van der Waals surface area (Å²) in [6, 6.07) is 14.7. The van der Waals surface area contributed by atoms with Crippen LogP contribution in [0.4, 0.5) is 0 Å². The Morgan fingerprint density at radius 1 is 1.00 bits per heavy atom. The number of amides is 1. The lowest BCUT2D eigenvalue weighted by atomic mass is 9.99. The van der Waals surface area contributed by atoms with Gasteiger partial charge in [-0.3, -0.25) is 9.78 Å². The number of hydrogen-bond donors (Lipinski definition) is 1. The Morgan fingerprint density at radius 2 is 1.70 bits per heavy atom. The van der Waals surface area contributed by atoms with Crippen molar-refractivity contribution >= 4 is 28.4 Å². The van der Waals surface area contributed by atoms with E-state index < -0.39 is 5.91 Å². The molecular weight excluding hydrogens is 272 g/mol. The first-order valence-corrected chi connectivity index (χ1v) is 6.48. The highest BCUT2D eigenvalue weighted by Crippen LogP contribution is 2.34. The predicted octanol–water partition coefficient (Wildman–Crippen LogP) is 3.65. The van der Waals surface area contributed by atoms with Crippen LogP contribution in [0, 0.1) is 0 Å². The van der Waals surface area contributed by atoms with Crippen LogP contribution in [0.3, 0.4) is 0 Å². The lowest BCUT2D eigenvalue weighted by molar-refractivity contribution is 0.100. The van der Waals surface area contributed by atoms with Gasteiger partial charge in [-0.25, -0.2) is 0 Å². The van der Waals surface area contributed by atoms with Gasteiger partial charge in [-0.2, -0.15) is 0 Å². The summed E-state index contributed by atoms with van der Waals surface area (Å²) >= 11 is 6.46. The van der Waals surface area contributed by atoms with Crippen molar-refractivity contribution in [2.45, 2.75) is 0 Å². The third-order valence-corrected chi connectivity index (χ3v) is 3.60. The van der Waals surface area contributed by atoms with E-state index in [1.54, 1.807) is 18.3 Å². The van der Waals surface area contributed by atoms with Crippen LogP contribution in [-0.4, -0.2) is 10.9 Å². The number of nitrogens with zero attached hydrogens (tertiary/aromatic N) is 1. The van der Waals surface area contributed by atoms with E-state index in [-0.39, 0.29) is 0 Å². The number of primary amides is 1. The third kappa shape index (κ3) is 2.02.